The maximum atomic E-state index is 4.36. The van der Waals surface area contributed by atoms with Crippen LogP contribution in [0.4, 0.5) is 0 Å². The topological polar surface area (TPSA) is 12.0 Å². The monoisotopic (exact) mass is 334 g/mol. The van der Waals surface area contributed by atoms with Crippen molar-refractivity contribution in [1.82, 2.24) is 3.80 Å². The van der Waals surface area contributed by atoms with Gasteiger partial charge in [-0.3, -0.25) is 0 Å². The van der Waals surface area contributed by atoms with Gasteiger partial charge in [0.25, 0.3) is 0 Å². The predicted octanol–water partition coefficient (Wildman–Crippen LogP) is 6.24. The predicted molar refractivity (Wildman–Crippen MR) is 98.8 cm³/mol. The van der Waals surface area contributed by atoms with Gasteiger partial charge in [-0.1, -0.05) is 0 Å². The van der Waals surface area contributed by atoms with Crippen LogP contribution in [0.25, 0.3) is 0 Å². The van der Waals surface area contributed by atoms with Crippen molar-refractivity contribution >= 4 is 6.66 Å². The molecular formula is C17H40NSiTi. The van der Waals surface area contributed by atoms with E-state index in [1.807, 2.05) is 0 Å². The Bertz CT molecular complexity index is 599. The van der Waals surface area contributed by atoms with Gasteiger partial charge in [0.1, 0.15) is 0 Å². The Morgan fingerprint density at radius 3 is 1.70 bits per heavy atom. The van der Waals surface area contributed by atoms with E-state index < -0.39 is 16.4 Å². The van der Waals surface area contributed by atoms with E-state index in [1.165, 1.54) is 0 Å². The van der Waals surface area contributed by atoms with Gasteiger partial charge in [0.05, 0.1) is 0 Å². The first kappa shape index (κ1) is 18.4. The molecule has 0 aliphatic heterocycles. The van der Waals surface area contributed by atoms with Crippen LogP contribution in [0, 0.1) is 0 Å². The second-order valence-corrected chi connectivity index (χ2v) is 82.8. The van der Waals surface area contributed by atoms with Crippen LogP contribution in [0.2, 0.25) is 44.5 Å². The molecule has 1 rings (SSSR count). The van der Waals surface area contributed by atoms with Gasteiger partial charge < -0.3 is 0 Å². The molecule has 0 atom stereocenters. The van der Waals surface area contributed by atoms with E-state index in [0.717, 1.165) is 6.42 Å². The summed E-state index contributed by atoms with van der Waals surface area (Å²) < 4.78 is 6.00. The molecule has 20 heavy (non-hydrogen) atoms. The number of hydrogen-bond donors (Lipinski definition) is 1. The van der Waals surface area contributed by atoms with Crippen molar-refractivity contribution in [3.05, 3.63) is 22.1 Å². The first-order valence-corrected chi connectivity index (χ1v) is 24.9. The van der Waals surface area contributed by atoms with Gasteiger partial charge in [-0.05, 0) is 0 Å². The first-order valence-electron chi connectivity index (χ1n) is 8.41. The average Bonchev–Trinajstić information content (AvgIpc) is 2.46. The van der Waals surface area contributed by atoms with Gasteiger partial charge >= 0.3 is 119 Å². The van der Waals surface area contributed by atoms with Crippen molar-refractivity contribution < 1.29 is 9.69 Å². The Morgan fingerprint density at radius 2 is 1.45 bits per heavy atom. The molecule has 0 saturated carbocycles. The standard InChI is InChI=1S/C5H5.C4H10N.C2H7Si.6CH3.Ti/c1-2-4-5-3-1;1-4(2,3)5;1-3-2;;;;;;;/h1-3H,4H2;5H,1-3H3;3H,1-2H3;6*1H3;/q;-1;;;;;;;;+1. The van der Waals surface area contributed by atoms with Crippen molar-refractivity contribution in [3.63, 3.8) is 0 Å². The second kappa shape index (κ2) is 2.30. The third kappa shape index (κ3) is 2.18. The molecule has 121 valence electrons. The molecular weight excluding hydrogens is 294 g/mol. The molecule has 3 heteroatoms. The van der Waals surface area contributed by atoms with E-state index in [9.17, 15) is 0 Å². The quantitative estimate of drug-likeness (QED) is 0.603. The van der Waals surface area contributed by atoms with Gasteiger partial charge in [-0.25, -0.2) is 0 Å². The SMILES string of the molecule is C[SiH](C)[Ti]([CH3])([CH3])([CH3])([CH3])([CH3])([CH3])([NH]C(C)(C)C)[C]1=CC=CC1. The molecule has 0 spiro atoms. The molecule has 1 aliphatic rings. The van der Waals surface area contributed by atoms with Crippen LogP contribution < -0.4 is 3.80 Å². The number of nitrogens with one attached hydrogen (secondary N) is 1. The Kier molecular flexibility index (Phi) is 2.11. The summed E-state index contributed by atoms with van der Waals surface area (Å²) in [6.07, 6.45) is 8.08. The summed E-state index contributed by atoms with van der Waals surface area (Å²) in [5, 5.41) is 15.8. The number of rotatable bonds is 3. The summed E-state index contributed by atoms with van der Waals surface area (Å²) in [6, 6.07) is 0. The van der Waals surface area contributed by atoms with Crippen molar-refractivity contribution in [1.29, 1.82) is 0 Å². The summed E-state index contributed by atoms with van der Waals surface area (Å²) in [6.45, 7) is 10.8. The fourth-order valence-electron chi connectivity index (χ4n) is 5.01. The molecule has 0 fully saturated rings. The van der Waals surface area contributed by atoms with E-state index in [1.54, 1.807) is 3.88 Å². The van der Waals surface area contributed by atoms with Crippen molar-refractivity contribution in [2.45, 2.75) is 77.2 Å². The molecule has 0 heterocycles. The van der Waals surface area contributed by atoms with Gasteiger partial charge in [0.15, 0.2) is 0 Å². The van der Waals surface area contributed by atoms with Crippen LogP contribution in [-0.2, 0) is 9.69 Å². The van der Waals surface area contributed by atoms with Crippen LogP contribution in [0.15, 0.2) is 22.1 Å². The molecule has 1 N–H and O–H groups in total. The molecule has 0 aromatic rings. The Balaban J connectivity index is 4.18. The van der Waals surface area contributed by atoms with Gasteiger partial charge in [0.2, 0.25) is 0 Å². The summed E-state index contributed by atoms with van der Waals surface area (Å²) in [5.41, 5.74) is 0.0698. The summed E-state index contributed by atoms with van der Waals surface area (Å²) in [4.78, 5) is 0. The average molecular weight is 334 g/mol. The van der Waals surface area contributed by atoms with Gasteiger partial charge in [-0.2, -0.15) is 0 Å². The van der Waals surface area contributed by atoms with Crippen LogP contribution in [0.5, 0.6) is 0 Å². The molecule has 0 amide bonds. The van der Waals surface area contributed by atoms with E-state index >= 15 is 0 Å². The zero-order chi connectivity index (χ0) is 16.5. The minimum atomic E-state index is -4.92. The Hall–Kier alpha value is 0.371. The number of hydrogen-bond acceptors (Lipinski definition) is 1. The summed E-state index contributed by atoms with van der Waals surface area (Å²) >= 11 is 0. The summed E-state index contributed by atoms with van der Waals surface area (Å²) in [7, 11) is -4.92. The van der Waals surface area contributed by atoms with Crippen LogP contribution in [0.3, 0.4) is 0 Å². The van der Waals surface area contributed by atoms with E-state index in [-0.39, 0.29) is 5.54 Å². The molecule has 0 bridgehead atoms. The number of allylic oxidation sites excluding steroid dienone is 4. The fourth-order valence-corrected chi connectivity index (χ4v) is 26.5. The zero-order valence-corrected chi connectivity index (χ0v) is 18.7. The molecule has 0 aromatic carbocycles. The molecule has 1 nitrogen and oxygen atoms in total. The van der Waals surface area contributed by atoms with Crippen molar-refractivity contribution in [2.75, 3.05) is 0 Å². The molecule has 0 aromatic heterocycles. The third-order valence-electron chi connectivity index (χ3n) is 8.35. The van der Waals surface area contributed by atoms with Crippen LogP contribution >= 0.6 is 0 Å². The summed E-state index contributed by atoms with van der Waals surface area (Å²) in [5.74, 6) is 0. The van der Waals surface area contributed by atoms with Crippen molar-refractivity contribution in [2.24, 2.45) is 0 Å². The molecule has 0 radical (unpaired) electrons. The molecule has 0 saturated heterocycles. The van der Waals surface area contributed by atoms with Crippen LogP contribution in [-0.4, -0.2) is 12.2 Å². The molecule has 1 aliphatic carbocycles. The molecule has 0 unspecified atom stereocenters. The van der Waals surface area contributed by atoms with Crippen molar-refractivity contribution in [3.8, 4) is 0 Å². The first-order chi connectivity index (χ1) is 7.95. The maximum absolute atomic E-state index is 4.92. The van der Waals surface area contributed by atoms with Gasteiger partial charge in [0, 0.05) is 0 Å². The van der Waals surface area contributed by atoms with Gasteiger partial charge in [-0.15, -0.1) is 0 Å². The normalized spacial score (nSPS) is 27.6. The second-order valence-electron chi connectivity index (χ2n) is 17.5. The van der Waals surface area contributed by atoms with E-state index in [2.05, 4.69) is 87.3 Å². The Labute approximate surface area is 119 Å². The minimum absolute atomic E-state index is 0.0698. The fraction of sp³-hybridized carbons (Fsp3) is 0.765. The van der Waals surface area contributed by atoms with E-state index in [0.29, 0.717) is 0 Å². The Morgan fingerprint density at radius 1 is 1.00 bits per heavy atom. The third-order valence-corrected chi connectivity index (χ3v) is 68.0. The van der Waals surface area contributed by atoms with E-state index in [4.69, 9.17) is 0 Å². The zero-order valence-electron chi connectivity index (χ0n) is 16.0. The van der Waals surface area contributed by atoms with Crippen LogP contribution in [0.1, 0.15) is 27.2 Å².